The average Bonchev–Trinajstić information content (AvgIpc) is 2.45. The van der Waals surface area contributed by atoms with Gasteiger partial charge >= 0.3 is 11.9 Å². The Kier molecular flexibility index (Phi) is 7.46. The van der Waals surface area contributed by atoms with Crippen LogP contribution in [-0.4, -0.2) is 31.3 Å². The summed E-state index contributed by atoms with van der Waals surface area (Å²) in [6, 6.07) is 9.41. The average molecular weight is 294 g/mol. The third-order valence-electron chi connectivity index (χ3n) is 2.89. The van der Waals surface area contributed by atoms with Crippen LogP contribution >= 0.6 is 0 Å². The summed E-state index contributed by atoms with van der Waals surface area (Å²) in [7, 11) is 1.53. The molecule has 0 radical (unpaired) electrons. The Hall–Kier alpha value is -1.88. The van der Waals surface area contributed by atoms with Crippen molar-refractivity contribution >= 4 is 11.9 Å². The molecule has 0 heterocycles. The van der Waals surface area contributed by atoms with Gasteiger partial charge in [0.05, 0.1) is 18.9 Å². The maximum absolute atomic E-state index is 11.6. The SMILES string of the molecule is CO[C@@H](C)CC(=O)O[C@@H](C)CC(=O)OCc1ccccc1. The number of hydrogen-bond donors (Lipinski definition) is 0. The van der Waals surface area contributed by atoms with Gasteiger partial charge in [-0.1, -0.05) is 30.3 Å². The number of benzene rings is 1. The molecular weight excluding hydrogens is 272 g/mol. The van der Waals surface area contributed by atoms with Gasteiger partial charge in [-0.25, -0.2) is 0 Å². The van der Waals surface area contributed by atoms with E-state index in [0.29, 0.717) is 0 Å². The standard InChI is InChI=1S/C16H22O5/c1-12(19-3)9-16(18)21-13(2)10-15(17)20-11-14-7-5-4-6-8-14/h4-8,12-13H,9-11H2,1-3H3/t12-,13-/m0/s1. The van der Waals surface area contributed by atoms with Gasteiger partial charge in [-0.3, -0.25) is 9.59 Å². The van der Waals surface area contributed by atoms with Crippen molar-refractivity contribution in [3.8, 4) is 0 Å². The van der Waals surface area contributed by atoms with Crippen LogP contribution in [0.25, 0.3) is 0 Å². The van der Waals surface area contributed by atoms with Crippen LogP contribution in [0.5, 0.6) is 0 Å². The van der Waals surface area contributed by atoms with Crippen LogP contribution in [0.4, 0.5) is 0 Å². The highest BCUT2D eigenvalue weighted by molar-refractivity contribution is 5.72. The topological polar surface area (TPSA) is 61.8 Å². The molecule has 0 saturated carbocycles. The van der Waals surface area contributed by atoms with E-state index < -0.39 is 6.10 Å². The molecule has 0 aliphatic rings. The summed E-state index contributed by atoms with van der Waals surface area (Å²) in [5.74, 6) is -0.772. The second kappa shape index (κ2) is 9.13. The Morgan fingerprint density at radius 3 is 2.24 bits per heavy atom. The van der Waals surface area contributed by atoms with Crippen molar-refractivity contribution in [1.82, 2.24) is 0 Å². The van der Waals surface area contributed by atoms with E-state index in [2.05, 4.69) is 0 Å². The summed E-state index contributed by atoms with van der Waals surface area (Å²) < 4.78 is 15.2. The van der Waals surface area contributed by atoms with Gasteiger partial charge in [0, 0.05) is 7.11 Å². The number of ether oxygens (including phenoxy) is 3. The summed E-state index contributed by atoms with van der Waals surface area (Å²) in [5.41, 5.74) is 0.921. The van der Waals surface area contributed by atoms with Crippen LogP contribution in [0.1, 0.15) is 32.3 Å². The fraction of sp³-hybridized carbons (Fsp3) is 0.500. The molecule has 0 aromatic heterocycles. The quantitative estimate of drug-likeness (QED) is 0.689. The van der Waals surface area contributed by atoms with Gasteiger partial charge in [0.2, 0.25) is 0 Å². The summed E-state index contributed by atoms with van der Waals surface area (Å²) >= 11 is 0. The molecule has 0 N–H and O–H groups in total. The second-order valence-corrected chi connectivity index (χ2v) is 4.90. The molecule has 0 unspecified atom stereocenters. The van der Waals surface area contributed by atoms with Gasteiger partial charge in [-0.2, -0.15) is 0 Å². The number of rotatable bonds is 8. The number of esters is 2. The Balaban J connectivity index is 2.26. The van der Waals surface area contributed by atoms with Crippen molar-refractivity contribution in [3.63, 3.8) is 0 Å². The number of carbonyl (C=O) groups is 2. The predicted octanol–water partition coefficient (Wildman–Crippen LogP) is 2.48. The summed E-state index contributed by atoms with van der Waals surface area (Å²) in [5, 5.41) is 0. The van der Waals surface area contributed by atoms with Gasteiger partial charge in [-0.05, 0) is 19.4 Å². The maximum Gasteiger partial charge on any atom is 0.309 e. The molecule has 0 bridgehead atoms. The number of carbonyl (C=O) groups excluding carboxylic acids is 2. The second-order valence-electron chi connectivity index (χ2n) is 4.90. The highest BCUT2D eigenvalue weighted by Gasteiger charge is 2.16. The molecule has 0 spiro atoms. The molecule has 116 valence electrons. The Labute approximate surface area is 125 Å². The van der Waals surface area contributed by atoms with Crippen LogP contribution in [-0.2, 0) is 30.4 Å². The molecule has 0 saturated heterocycles. The van der Waals surface area contributed by atoms with Crippen LogP contribution in [0.3, 0.4) is 0 Å². The lowest BCUT2D eigenvalue weighted by molar-refractivity contribution is -0.156. The van der Waals surface area contributed by atoms with Gasteiger partial charge in [-0.15, -0.1) is 0 Å². The first-order chi connectivity index (χ1) is 10.0. The predicted molar refractivity (Wildman–Crippen MR) is 77.5 cm³/mol. The van der Waals surface area contributed by atoms with Crippen molar-refractivity contribution in [2.75, 3.05) is 7.11 Å². The number of methoxy groups -OCH3 is 1. The van der Waals surface area contributed by atoms with E-state index in [1.807, 2.05) is 30.3 Å². The van der Waals surface area contributed by atoms with Crippen molar-refractivity contribution < 1.29 is 23.8 Å². The molecule has 1 aromatic rings. The first-order valence-corrected chi connectivity index (χ1v) is 6.93. The largest absolute Gasteiger partial charge is 0.462 e. The van der Waals surface area contributed by atoms with E-state index in [-0.39, 0.29) is 37.5 Å². The molecule has 21 heavy (non-hydrogen) atoms. The first-order valence-electron chi connectivity index (χ1n) is 6.93. The van der Waals surface area contributed by atoms with E-state index in [1.165, 1.54) is 7.11 Å². The molecule has 0 aliphatic heterocycles. The lowest BCUT2D eigenvalue weighted by Crippen LogP contribution is -2.22. The Morgan fingerprint density at radius 1 is 1.00 bits per heavy atom. The van der Waals surface area contributed by atoms with E-state index in [0.717, 1.165) is 5.56 Å². The smallest absolute Gasteiger partial charge is 0.309 e. The van der Waals surface area contributed by atoms with Crippen molar-refractivity contribution in [3.05, 3.63) is 35.9 Å². The first kappa shape index (κ1) is 17.2. The fourth-order valence-electron chi connectivity index (χ4n) is 1.66. The minimum absolute atomic E-state index is 0.0416. The van der Waals surface area contributed by atoms with Crippen LogP contribution in [0.2, 0.25) is 0 Å². The molecule has 0 amide bonds. The van der Waals surface area contributed by atoms with Crippen molar-refractivity contribution in [2.45, 2.75) is 45.5 Å². The third-order valence-corrected chi connectivity index (χ3v) is 2.89. The van der Waals surface area contributed by atoms with E-state index in [9.17, 15) is 9.59 Å². The molecule has 2 atom stereocenters. The monoisotopic (exact) mass is 294 g/mol. The third kappa shape index (κ3) is 7.46. The lowest BCUT2D eigenvalue weighted by atomic mass is 10.2. The zero-order valence-corrected chi connectivity index (χ0v) is 12.7. The zero-order chi connectivity index (χ0) is 15.7. The zero-order valence-electron chi connectivity index (χ0n) is 12.7. The summed E-state index contributed by atoms with van der Waals surface area (Å²) in [6.45, 7) is 3.67. The fourth-order valence-corrected chi connectivity index (χ4v) is 1.66. The molecule has 0 aliphatic carbocycles. The minimum Gasteiger partial charge on any atom is -0.462 e. The molecule has 1 rings (SSSR count). The molecular formula is C16H22O5. The van der Waals surface area contributed by atoms with E-state index in [4.69, 9.17) is 14.2 Å². The number of hydrogen-bond acceptors (Lipinski definition) is 5. The molecule has 5 heteroatoms. The van der Waals surface area contributed by atoms with Gasteiger partial charge in [0.15, 0.2) is 0 Å². The normalized spacial score (nSPS) is 13.3. The van der Waals surface area contributed by atoms with Gasteiger partial charge < -0.3 is 14.2 Å². The van der Waals surface area contributed by atoms with E-state index in [1.54, 1.807) is 13.8 Å². The highest BCUT2D eigenvalue weighted by Crippen LogP contribution is 2.07. The lowest BCUT2D eigenvalue weighted by Gasteiger charge is -2.14. The molecule has 5 nitrogen and oxygen atoms in total. The highest BCUT2D eigenvalue weighted by atomic mass is 16.6. The Morgan fingerprint density at radius 2 is 1.62 bits per heavy atom. The van der Waals surface area contributed by atoms with Crippen LogP contribution in [0.15, 0.2) is 30.3 Å². The maximum atomic E-state index is 11.6. The van der Waals surface area contributed by atoms with Crippen molar-refractivity contribution in [2.24, 2.45) is 0 Å². The van der Waals surface area contributed by atoms with E-state index >= 15 is 0 Å². The van der Waals surface area contributed by atoms with Crippen LogP contribution in [0, 0.1) is 0 Å². The summed E-state index contributed by atoms with van der Waals surface area (Å²) in [6.07, 6.45) is -0.501. The van der Waals surface area contributed by atoms with Gasteiger partial charge in [0.1, 0.15) is 12.7 Å². The minimum atomic E-state index is -0.509. The molecule has 1 aromatic carbocycles. The van der Waals surface area contributed by atoms with Crippen molar-refractivity contribution in [1.29, 1.82) is 0 Å². The summed E-state index contributed by atoms with van der Waals surface area (Å²) in [4.78, 5) is 23.2. The van der Waals surface area contributed by atoms with Gasteiger partial charge in [0.25, 0.3) is 0 Å². The molecule has 0 fully saturated rings. The van der Waals surface area contributed by atoms with Crippen LogP contribution < -0.4 is 0 Å². The Bertz CT molecular complexity index is 443.